The number of benzene rings is 4. The fraction of sp³-hybridized carbons (Fsp3) is 0.297. The van der Waals surface area contributed by atoms with Crippen molar-refractivity contribution >= 4 is 6.03 Å². The van der Waals surface area contributed by atoms with Crippen molar-refractivity contribution in [3.05, 3.63) is 137 Å². The Kier molecular flexibility index (Phi) is 10.1. The number of hydrogen-bond donors (Lipinski definition) is 1. The number of aliphatic hydroxyl groups is 1. The maximum atomic E-state index is 14.4. The fourth-order valence-corrected chi connectivity index (χ4v) is 5.64. The van der Waals surface area contributed by atoms with E-state index in [0.29, 0.717) is 38.1 Å². The zero-order chi connectivity index (χ0) is 31.8. The largest absolute Gasteiger partial charge is 0.489 e. The molecule has 1 aliphatic heterocycles. The molecular formula is C37H38FN3O4. The maximum absolute atomic E-state index is 14.4. The number of halogens is 1. The van der Waals surface area contributed by atoms with Crippen LogP contribution in [0.25, 0.3) is 0 Å². The summed E-state index contributed by atoms with van der Waals surface area (Å²) in [5.41, 5.74) is 3.61. The zero-order valence-electron chi connectivity index (χ0n) is 25.6. The highest BCUT2D eigenvalue weighted by Gasteiger charge is 2.39. The molecule has 0 spiro atoms. The van der Waals surface area contributed by atoms with Gasteiger partial charge in [-0.1, -0.05) is 78.9 Å². The molecule has 5 rings (SSSR count). The van der Waals surface area contributed by atoms with Gasteiger partial charge in [0.2, 0.25) is 0 Å². The molecule has 4 aromatic rings. The third kappa shape index (κ3) is 8.69. The van der Waals surface area contributed by atoms with Gasteiger partial charge in [-0.25, -0.2) is 9.18 Å². The normalized spacial score (nSPS) is 17.1. The van der Waals surface area contributed by atoms with Crippen LogP contribution in [0.15, 0.2) is 103 Å². The van der Waals surface area contributed by atoms with Crippen LogP contribution in [-0.4, -0.2) is 45.4 Å². The van der Waals surface area contributed by atoms with Gasteiger partial charge in [0.05, 0.1) is 17.7 Å². The molecule has 1 N–H and O–H groups in total. The molecule has 4 aromatic carbocycles. The first kappa shape index (κ1) is 31.7. The van der Waals surface area contributed by atoms with Crippen LogP contribution in [0.2, 0.25) is 0 Å². The van der Waals surface area contributed by atoms with Crippen LogP contribution in [0.5, 0.6) is 5.75 Å². The minimum atomic E-state index is -1.42. The molecule has 1 aliphatic rings. The Bertz CT molecular complexity index is 1600. The van der Waals surface area contributed by atoms with E-state index in [1.165, 1.54) is 12.1 Å². The summed E-state index contributed by atoms with van der Waals surface area (Å²) < 4.78 is 26.3. The van der Waals surface area contributed by atoms with Crippen LogP contribution < -0.4 is 4.74 Å². The Hall–Kier alpha value is -4.71. The number of carbonyl (C=O) groups excluding carboxylic acids is 1. The van der Waals surface area contributed by atoms with Gasteiger partial charge < -0.3 is 24.4 Å². The number of hydrogen-bond acceptors (Lipinski definition) is 5. The lowest BCUT2D eigenvalue weighted by molar-refractivity contribution is -0.216. The summed E-state index contributed by atoms with van der Waals surface area (Å²) >= 11 is 0. The van der Waals surface area contributed by atoms with Crippen molar-refractivity contribution in [1.29, 1.82) is 5.26 Å². The van der Waals surface area contributed by atoms with Crippen LogP contribution in [0.1, 0.15) is 48.1 Å². The lowest BCUT2D eigenvalue weighted by Crippen LogP contribution is -2.51. The van der Waals surface area contributed by atoms with E-state index in [-0.39, 0.29) is 18.1 Å². The van der Waals surface area contributed by atoms with Crippen molar-refractivity contribution in [2.45, 2.75) is 64.3 Å². The Balaban J connectivity index is 1.44. The molecule has 2 amide bonds. The molecule has 1 saturated heterocycles. The second-order valence-electron chi connectivity index (χ2n) is 11.8. The average molecular weight is 608 g/mol. The molecule has 232 valence electrons. The molecule has 0 aliphatic carbocycles. The molecule has 1 heterocycles. The summed E-state index contributed by atoms with van der Waals surface area (Å²) in [4.78, 5) is 17.9. The van der Waals surface area contributed by atoms with E-state index in [0.717, 1.165) is 22.4 Å². The summed E-state index contributed by atoms with van der Waals surface area (Å²) in [6.07, 6.45) is 0.521. The van der Waals surface area contributed by atoms with Crippen molar-refractivity contribution in [1.82, 2.24) is 9.80 Å². The summed E-state index contributed by atoms with van der Waals surface area (Å²) in [7, 11) is 0. The van der Waals surface area contributed by atoms with Gasteiger partial charge in [-0.15, -0.1) is 0 Å². The number of urea groups is 1. The first-order chi connectivity index (χ1) is 21.7. The predicted molar refractivity (Wildman–Crippen MR) is 169 cm³/mol. The molecule has 8 heteroatoms. The van der Waals surface area contributed by atoms with Crippen LogP contribution in [0, 0.1) is 17.1 Å². The van der Waals surface area contributed by atoms with E-state index in [2.05, 4.69) is 0 Å². The molecule has 0 saturated carbocycles. The summed E-state index contributed by atoms with van der Waals surface area (Å²) in [5, 5.41) is 20.1. The third-order valence-electron chi connectivity index (χ3n) is 7.81. The van der Waals surface area contributed by atoms with E-state index >= 15 is 0 Å². The van der Waals surface area contributed by atoms with E-state index in [1.807, 2.05) is 95.9 Å². The minimum absolute atomic E-state index is 0.0635. The number of carbonyl (C=O) groups is 1. The van der Waals surface area contributed by atoms with E-state index in [1.54, 1.807) is 24.8 Å². The zero-order valence-corrected chi connectivity index (χ0v) is 25.6. The molecule has 0 aromatic heterocycles. The molecular weight excluding hydrogens is 569 g/mol. The van der Waals surface area contributed by atoms with Crippen LogP contribution in [-0.2, 0) is 30.9 Å². The Morgan fingerprint density at radius 1 is 0.889 bits per heavy atom. The number of rotatable bonds is 11. The summed E-state index contributed by atoms with van der Waals surface area (Å²) in [5.74, 6) is -1.29. The molecule has 45 heavy (non-hydrogen) atoms. The highest BCUT2D eigenvalue weighted by Crippen LogP contribution is 2.29. The lowest BCUT2D eigenvalue weighted by atomic mass is 9.97. The Morgan fingerprint density at radius 2 is 1.53 bits per heavy atom. The second-order valence-corrected chi connectivity index (χ2v) is 11.8. The second kappa shape index (κ2) is 14.4. The highest BCUT2D eigenvalue weighted by molar-refractivity contribution is 5.75. The van der Waals surface area contributed by atoms with Crippen LogP contribution >= 0.6 is 0 Å². The predicted octanol–water partition coefficient (Wildman–Crippen LogP) is 6.83. The van der Waals surface area contributed by atoms with Gasteiger partial charge in [-0.3, -0.25) is 0 Å². The van der Waals surface area contributed by atoms with Gasteiger partial charge in [0.15, 0.2) is 5.79 Å². The van der Waals surface area contributed by atoms with Gasteiger partial charge in [-0.05, 0) is 73.2 Å². The van der Waals surface area contributed by atoms with Crippen LogP contribution in [0.4, 0.5) is 9.18 Å². The van der Waals surface area contributed by atoms with Crippen molar-refractivity contribution < 1.29 is 23.8 Å². The maximum Gasteiger partial charge on any atom is 0.320 e. The third-order valence-corrected chi connectivity index (χ3v) is 7.81. The summed E-state index contributed by atoms with van der Waals surface area (Å²) in [6.45, 7) is 4.49. The molecule has 2 unspecified atom stereocenters. The number of ether oxygens (including phenoxy) is 2. The van der Waals surface area contributed by atoms with Crippen LogP contribution in [0.3, 0.4) is 0 Å². The van der Waals surface area contributed by atoms with Crippen molar-refractivity contribution in [3.8, 4) is 11.8 Å². The van der Waals surface area contributed by atoms with Gasteiger partial charge in [0, 0.05) is 19.6 Å². The highest BCUT2D eigenvalue weighted by atomic mass is 19.1. The summed E-state index contributed by atoms with van der Waals surface area (Å²) in [6, 6.07) is 33.2. The Morgan fingerprint density at radius 3 is 2.18 bits per heavy atom. The average Bonchev–Trinajstić information content (AvgIpc) is 3.14. The van der Waals surface area contributed by atoms with Gasteiger partial charge in [0.1, 0.15) is 24.2 Å². The molecule has 0 radical (unpaired) electrons. The van der Waals surface area contributed by atoms with Crippen molar-refractivity contribution in [2.24, 2.45) is 0 Å². The monoisotopic (exact) mass is 607 g/mol. The molecule has 2 atom stereocenters. The quantitative estimate of drug-likeness (QED) is 0.189. The first-order valence-electron chi connectivity index (χ1n) is 15.1. The van der Waals surface area contributed by atoms with Crippen molar-refractivity contribution in [2.75, 3.05) is 6.54 Å². The van der Waals surface area contributed by atoms with E-state index in [9.17, 15) is 19.6 Å². The lowest BCUT2D eigenvalue weighted by Gasteiger charge is -2.38. The number of nitriles is 1. The Labute approximate surface area is 264 Å². The number of nitrogens with zero attached hydrogens (tertiary/aromatic N) is 3. The van der Waals surface area contributed by atoms with E-state index < -0.39 is 23.8 Å². The first-order valence-corrected chi connectivity index (χ1v) is 15.1. The standard InChI is InChI=1S/C37H38FN3O4/c1-37(2,43)45-35-19-20-40(24-30-15-18-33(38)31(21-30)23-39)36(42)41(34(35)22-27-9-5-3-6-10-27)25-28-13-16-32(17-14-28)44-26-29-11-7-4-8-12-29/h3-18,21,34-35,43H,19-20,22,24-26H2,1-2H3. The van der Waals surface area contributed by atoms with E-state index in [4.69, 9.17) is 9.47 Å². The van der Waals surface area contributed by atoms with Gasteiger partial charge in [0.25, 0.3) is 0 Å². The topological polar surface area (TPSA) is 86.0 Å². The van der Waals surface area contributed by atoms with Gasteiger partial charge in [-0.2, -0.15) is 5.26 Å². The fourth-order valence-electron chi connectivity index (χ4n) is 5.64. The SMILES string of the molecule is CC(C)(O)OC1CCN(Cc2ccc(F)c(C#N)c2)C(=O)N(Cc2ccc(OCc3ccccc3)cc2)C1Cc1ccccc1. The van der Waals surface area contributed by atoms with Gasteiger partial charge >= 0.3 is 6.03 Å². The minimum Gasteiger partial charge on any atom is -0.489 e. The molecule has 0 bridgehead atoms. The smallest absolute Gasteiger partial charge is 0.320 e. The molecule has 1 fully saturated rings. The number of amides is 2. The molecule has 7 nitrogen and oxygen atoms in total. The van der Waals surface area contributed by atoms with Crippen molar-refractivity contribution in [3.63, 3.8) is 0 Å².